The molecule has 0 fully saturated rings. The molecule has 88 valence electrons. The van der Waals surface area contributed by atoms with Gasteiger partial charge in [-0.25, -0.2) is 0 Å². The Hall–Kier alpha value is -1.76. The highest BCUT2D eigenvalue weighted by Crippen LogP contribution is 2.24. The van der Waals surface area contributed by atoms with Gasteiger partial charge in [-0.05, 0) is 44.0 Å². The van der Waals surface area contributed by atoms with Crippen LogP contribution in [0.15, 0.2) is 42.5 Å². The lowest BCUT2D eigenvalue weighted by molar-refractivity contribution is 0.340. The number of ether oxygens (including phenoxy) is 1. The first-order valence-electron chi connectivity index (χ1n) is 6.00. The Morgan fingerprint density at radius 2 is 1.41 bits per heavy atom. The molecule has 0 aliphatic rings. The Morgan fingerprint density at radius 3 is 1.94 bits per heavy atom. The predicted molar refractivity (Wildman–Crippen MR) is 72.5 cm³/mol. The number of hydrogen-bond donors (Lipinski definition) is 0. The third-order valence-electron chi connectivity index (χ3n) is 2.72. The highest BCUT2D eigenvalue weighted by Gasteiger charge is 2.00. The Morgan fingerprint density at radius 1 is 0.824 bits per heavy atom. The molecular weight excluding hydrogens is 208 g/mol. The van der Waals surface area contributed by atoms with Gasteiger partial charge in [0, 0.05) is 0 Å². The quantitative estimate of drug-likeness (QED) is 0.755. The van der Waals surface area contributed by atoms with Crippen molar-refractivity contribution >= 4 is 0 Å². The van der Waals surface area contributed by atoms with Crippen LogP contribution in [0, 0.1) is 13.8 Å². The van der Waals surface area contributed by atoms with Crippen LogP contribution in [0.2, 0.25) is 0 Å². The van der Waals surface area contributed by atoms with Crippen molar-refractivity contribution < 1.29 is 4.74 Å². The summed E-state index contributed by atoms with van der Waals surface area (Å²) in [6.45, 7) is 6.97. The number of benzene rings is 2. The summed E-state index contributed by atoms with van der Waals surface area (Å²) in [5, 5.41) is 0. The molecule has 0 radical (unpaired) electrons. The Balaban J connectivity index is 2.32. The van der Waals surface area contributed by atoms with Crippen molar-refractivity contribution in [2.24, 2.45) is 0 Å². The number of hydrogen-bond acceptors (Lipinski definition) is 1. The standard InChI is InChI=1S/C16H18O/c1-4-17-16-7-5-14(6-8-16)15-10-12(2)9-13(3)11-15/h5-11H,4H2,1-3H3. The van der Waals surface area contributed by atoms with E-state index < -0.39 is 0 Å². The minimum absolute atomic E-state index is 0.711. The minimum Gasteiger partial charge on any atom is -0.494 e. The zero-order valence-electron chi connectivity index (χ0n) is 10.7. The molecule has 1 heteroatoms. The van der Waals surface area contributed by atoms with E-state index in [0.717, 1.165) is 5.75 Å². The molecule has 17 heavy (non-hydrogen) atoms. The highest BCUT2D eigenvalue weighted by molar-refractivity contribution is 5.65. The Bertz CT molecular complexity index is 477. The topological polar surface area (TPSA) is 9.23 Å². The second-order valence-electron chi connectivity index (χ2n) is 4.33. The van der Waals surface area contributed by atoms with Crippen molar-refractivity contribution in [2.45, 2.75) is 20.8 Å². The summed E-state index contributed by atoms with van der Waals surface area (Å²) in [4.78, 5) is 0. The molecule has 2 aromatic carbocycles. The fourth-order valence-electron chi connectivity index (χ4n) is 2.05. The van der Waals surface area contributed by atoms with Crippen LogP contribution in [-0.2, 0) is 0 Å². The molecule has 0 spiro atoms. The molecule has 0 amide bonds. The molecule has 0 saturated heterocycles. The van der Waals surface area contributed by atoms with Crippen LogP contribution in [-0.4, -0.2) is 6.61 Å². The lowest BCUT2D eigenvalue weighted by atomic mass is 10.0. The normalized spacial score (nSPS) is 10.3. The van der Waals surface area contributed by atoms with Crippen LogP contribution < -0.4 is 4.74 Å². The molecule has 2 rings (SSSR count). The average Bonchev–Trinajstić information content (AvgIpc) is 2.29. The van der Waals surface area contributed by atoms with Gasteiger partial charge in [-0.3, -0.25) is 0 Å². The molecule has 0 aliphatic heterocycles. The molecular formula is C16H18O. The van der Waals surface area contributed by atoms with Gasteiger partial charge in [-0.15, -0.1) is 0 Å². The van der Waals surface area contributed by atoms with E-state index in [2.05, 4.69) is 44.2 Å². The lowest BCUT2D eigenvalue weighted by Crippen LogP contribution is -1.90. The van der Waals surface area contributed by atoms with Crippen LogP contribution in [0.1, 0.15) is 18.1 Å². The molecule has 0 unspecified atom stereocenters. The zero-order chi connectivity index (χ0) is 12.3. The third-order valence-corrected chi connectivity index (χ3v) is 2.72. The second kappa shape index (κ2) is 5.05. The lowest BCUT2D eigenvalue weighted by Gasteiger charge is -2.07. The maximum atomic E-state index is 5.44. The van der Waals surface area contributed by atoms with E-state index in [4.69, 9.17) is 4.74 Å². The van der Waals surface area contributed by atoms with Gasteiger partial charge in [0.25, 0.3) is 0 Å². The van der Waals surface area contributed by atoms with Gasteiger partial charge in [-0.1, -0.05) is 41.5 Å². The molecule has 0 atom stereocenters. The maximum absolute atomic E-state index is 5.44. The van der Waals surface area contributed by atoms with Crippen molar-refractivity contribution in [1.82, 2.24) is 0 Å². The van der Waals surface area contributed by atoms with E-state index in [9.17, 15) is 0 Å². The molecule has 0 bridgehead atoms. The molecule has 1 nitrogen and oxygen atoms in total. The first-order valence-corrected chi connectivity index (χ1v) is 6.00. The predicted octanol–water partition coefficient (Wildman–Crippen LogP) is 4.37. The van der Waals surface area contributed by atoms with E-state index in [1.165, 1.54) is 22.3 Å². The van der Waals surface area contributed by atoms with Crippen molar-refractivity contribution in [1.29, 1.82) is 0 Å². The fourth-order valence-corrected chi connectivity index (χ4v) is 2.05. The summed E-state index contributed by atoms with van der Waals surface area (Å²) < 4.78 is 5.44. The summed E-state index contributed by atoms with van der Waals surface area (Å²) in [6.07, 6.45) is 0. The van der Waals surface area contributed by atoms with Gasteiger partial charge in [0.05, 0.1) is 6.61 Å². The van der Waals surface area contributed by atoms with Gasteiger partial charge in [0.1, 0.15) is 5.75 Å². The molecule has 0 N–H and O–H groups in total. The van der Waals surface area contributed by atoms with E-state index in [1.54, 1.807) is 0 Å². The van der Waals surface area contributed by atoms with E-state index in [-0.39, 0.29) is 0 Å². The fraction of sp³-hybridized carbons (Fsp3) is 0.250. The summed E-state index contributed by atoms with van der Waals surface area (Å²) in [6, 6.07) is 14.9. The van der Waals surface area contributed by atoms with Crippen molar-refractivity contribution in [3.63, 3.8) is 0 Å². The SMILES string of the molecule is CCOc1ccc(-c2cc(C)cc(C)c2)cc1. The number of rotatable bonds is 3. The van der Waals surface area contributed by atoms with Crippen LogP contribution >= 0.6 is 0 Å². The molecule has 2 aromatic rings. The third kappa shape index (κ3) is 2.88. The van der Waals surface area contributed by atoms with Gasteiger partial charge in [0.15, 0.2) is 0 Å². The summed E-state index contributed by atoms with van der Waals surface area (Å²) >= 11 is 0. The largest absolute Gasteiger partial charge is 0.494 e. The van der Waals surface area contributed by atoms with Crippen molar-refractivity contribution in [3.05, 3.63) is 53.6 Å². The van der Waals surface area contributed by atoms with Crippen molar-refractivity contribution in [2.75, 3.05) is 6.61 Å². The van der Waals surface area contributed by atoms with Crippen molar-refractivity contribution in [3.8, 4) is 16.9 Å². The maximum Gasteiger partial charge on any atom is 0.119 e. The molecule has 0 heterocycles. The van der Waals surface area contributed by atoms with Crippen LogP contribution in [0.3, 0.4) is 0 Å². The first-order chi connectivity index (χ1) is 8.19. The van der Waals surface area contributed by atoms with E-state index >= 15 is 0 Å². The Kier molecular flexibility index (Phi) is 3.48. The zero-order valence-corrected chi connectivity index (χ0v) is 10.7. The monoisotopic (exact) mass is 226 g/mol. The minimum atomic E-state index is 0.711. The summed E-state index contributed by atoms with van der Waals surface area (Å²) in [5.74, 6) is 0.931. The average molecular weight is 226 g/mol. The second-order valence-corrected chi connectivity index (χ2v) is 4.33. The van der Waals surface area contributed by atoms with Gasteiger partial charge in [0.2, 0.25) is 0 Å². The van der Waals surface area contributed by atoms with Gasteiger partial charge in [-0.2, -0.15) is 0 Å². The summed E-state index contributed by atoms with van der Waals surface area (Å²) in [7, 11) is 0. The van der Waals surface area contributed by atoms with Gasteiger partial charge >= 0.3 is 0 Å². The van der Waals surface area contributed by atoms with Crippen LogP contribution in [0.4, 0.5) is 0 Å². The van der Waals surface area contributed by atoms with Gasteiger partial charge < -0.3 is 4.74 Å². The van der Waals surface area contributed by atoms with Crippen LogP contribution in [0.5, 0.6) is 5.75 Å². The molecule has 0 aliphatic carbocycles. The molecule has 0 aromatic heterocycles. The summed E-state index contributed by atoms with van der Waals surface area (Å²) in [5.41, 5.74) is 5.11. The van der Waals surface area contributed by atoms with E-state index in [1.807, 2.05) is 19.1 Å². The smallest absolute Gasteiger partial charge is 0.119 e. The van der Waals surface area contributed by atoms with Crippen LogP contribution in [0.25, 0.3) is 11.1 Å². The highest BCUT2D eigenvalue weighted by atomic mass is 16.5. The number of aryl methyl sites for hydroxylation is 2. The van der Waals surface area contributed by atoms with E-state index in [0.29, 0.717) is 6.61 Å². The Labute approximate surface area is 103 Å². The first kappa shape index (κ1) is 11.7. The molecule has 0 saturated carbocycles.